The molecule has 1 aromatic heterocycles. The standard InChI is InChI=1S/C19H24N4O3/c1-22-9-14(8-20-22)16-11-23(10-15(16)12-24)19(25)21-17-6-2-4-13-5-3-7-26-18(13)17/h2,4,6,8-9,15-16,24H,3,5,7,10-12H2,1H3,(H,21,25)/t15-,16-/m0/s1. The van der Waals surface area contributed by atoms with E-state index in [1.807, 2.05) is 37.6 Å². The fraction of sp³-hybridized carbons (Fsp3) is 0.474. The van der Waals surface area contributed by atoms with Crippen LogP contribution in [0.5, 0.6) is 5.75 Å². The van der Waals surface area contributed by atoms with Gasteiger partial charge in [0, 0.05) is 44.8 Å². The van der Waals surface area contributed by atoms with Crippen molar-refractivity contribution in [3.05, 3.63) is 41.7 Å². The highest BCUT2D eigenvalue weighted by molar-refractivity contribution is 5.91. The molecule has 0 aliphatic carbocycles. The molecule has 1 fully saturated rings. The van der Waals surface area contributed by atoms with Gasteiger partial charge in [-0.25, -0.2) is 4.79 Å². The van der Waals surface area contributed by atoms with Crippen LogP contribution in [-0.2, 0) is 13.5 Å². The van der Waals surface area contributed by atoms with Crippen molar-refractivity contribution >= 4 is 11.7 Å². The summed E-state index contributed by atoms with van der Waals surface area (Å²) in [6.45, 7) is 1.82. The highest BCUT2D eigenvalue weighted by Gasteiger charge is 2.36. The second kappa shape index (κ2) is 6.99. The number of hydrogen-bond acceptors (Lipinski definition) is 4. The monoisotopic (exact) mass is 356 g/mol. The predicted octanol–water partition coefficient (Wildman–Crippen LogP) is 1.98. The molecule has 138 valence electrons. The third-order valence-corrected chi connectivity index (χ3v) is 5.29. The van der Waals surface area contributed by atoms with Crippen molar-refractivity contribution in [1.29, 1.82) is 0 Å². The van der Waals surface area contributed by atoms with Gasteiger partial charge in [-0.15, -0.1) is 0 Å². The number of nitrogens with zero attached hydrogens (tertiary/aromatic N) is 3. The number of ether oxygens (including phenoxy) is 1. The number of hydrogen-bond donors (Lipinski definition) is 2. The first-order chi connectivity index (χ1) is 12.7. The van der Waals surface area contributed by atoms with E-state index in [1.54, 1.807) is 9.58 Å². The Morgan fingerprint density at radius 1 is 1.42 bits per heavy atom. The lowest BCUT2D eigenvalue weighted by molar-refractivity contribution is 0.206. The Morgan fingerprint density at radius 3 is 3.08 bits per heavy atom. The predicted molar refractivity (Wildman–Crippen MR) is 97.4 cm³/mol. The summed E-state index contributed by atoms with van der Waals surface area (Å²) in [4.78, 5) is 14.6. The van der Waals surface area contributed by atoms with Crippen LogP contribution in [0.4, 0.5) is 10.5 Å². The molecule has 26 heavy (non-hydrogen) atoms. The third kappa shape index (κ3) is 3.14. The molecule has 7 heteroatoms. The number of aliphatic hydroxyl groups is 1. The van der Waals surface area contributed by atoms with E-state index >= 15 is 0 Å². The van der Waals surface area contributed by atoms with Crippen molar-refractivity contribution < 1.29 is 14.6 Å². The Kier molecular flexibility index (Phi) is 4.55. The number of aromatic nitrogens is 2. The Balaban J connectivity index is 1.49. The highest BCUT2D eigenvalue weighted by atomic mass is 16.5. The average Bonchev–Trinajstić information content (AvgIpc) is 3.28. The molecule has 2 aliphatic rings. The van der Waals surface area contributed by atoms with Crippen LogP contribution in [0.25, 0.3) is 0 Å². The molecular weight excluding hydrogens is 332 g/mol. The van der Waals surface area contributed by atoms with Gasteiger partial charge in [-0.1, -0.05) is 12.1 Å². The Hall–Kier alpha value is -2.54. The van der Waals surface area contributed by atoms with Crippen molar-refractivity contribution in [2.75, 3.05) is 31.6 Å². The molecule has 4 rings (SSSR count). The number of fused-ring (bicyclic) bond motifs is 1. The lowest BCUT2D eigenvalue weighted by Crippen LogP contribution is -2.33. The summed E-state index contributed by atoms with van der Waals surface area (Å²) in [6, 6.07) is 5.71. The zero-order valence-corrected chi connectivity index (χ0v) is 14.9. The average molecular weight is 356 g/mol. The number of likely N-dealkylation sites (tertiary alicyclic amines) is 1. The molecule has 2 amide bonds. The van der Waals surface area contributed by atoms with Crippen molar-refractivity contribution in [1.82, 2.24) is 14.7 Å². The SMILES string of the molecule is Cn1cc([C@@H]2CN(C(=O)Nc3cccc4c3OCCC4)C[C@H]2CO)cn1. The molecule has 3 heterocycles. The van der Waals surface area contributed by atoms with Gasteiger partial charge in [-0.3, -0.25) is 4.68 Å². The van der Waals surface area contributed by atoms with Gasteiger partial charge < -0.3 is 20.1 Å². The van der Waals surface area contributed by atoms with Crippen molar-refractivity contribution in [3.8, 4) is 5.75 Å². The summed E-state index contributed by atoms with van der Waals surface area (Å²) in [5.74, 6) is 0.903. The number of amides is 2. The number of aryl methyl sites for hydroxylation is 2. The zero-order valence-electron chi connectivity index (χ0n) is 14.9. The van der Waals surface area contributed by atoms with Crippen LogP contribution in [0, 0.1) is 5.92 Å². The lowest BCUT2D eigenvalue weighted by Gasteiger charge is -2.22. The van der Waals surface area contributed by atoms with Crippen molar-refractivity contribution in [3.63, 3.8) is 0 Å². The van der Waals surface area contributed by atoms with Crippen LogP contribution < -0.4 is 10.1 Å². The minimum atomic E-state index is -0.155. The van der Waals surface area contributed by atoms with E-state index in [-0.39, 0.29) is 24.5 Å². The first-order valence-corrected chi connectivity index (χ1v) is 9.05. The number of anilines is 1. The summed E-state index contributed by atoms with van der Waals surface area (Å²) < 4.78 is 7.52. The molecule has 7 nitrogen and oxygen atoms in total. The topological polar surface area (TPSA) is 79.6 Å². The van der Waals surface area contributed by atoms with Gasteiger partial charge in [0.1, 0.15) is 5.75 Å². The Morgan fingerprint density at radius 2 is 2.31 bits per heavy atom. The molecule has 0 unspecified atom stereocenters. The molecule has 1 aromatic carbocycles. The van der Waals surface area contributed by atoms with Crippen LogP contribution in [0.1, 0.15) is 23.5 Å². The molecule has 0 radical (unpaired) electrons. The number of rotatable bonds is 3. The number of para-hydroxylation sites is 1. The van der Waals surface area contributed by atoms with E-state index in [2.05, 4.69) is 10.4 Å². The first-order valence-electron chi connectivity index (χ1n) is 9.05. The van der Waals surface area contributed by atoms with Crippen LogP contribution >= 0.6 is 0 Å². The van der Waals surface area contributed by atoms with Gasteiger partial charge in [0.25, 0.3) is 0 Å². The van der Waals surface area contributed by atoms with E-state index < -0.39 is 0 Å². The summed E-state index contributed by atoms with van der Waals surface area (Å²) in [6.07, 6.45) is 5.74. The molecule has 2 aliphatic heterocycles. The van der Waals surface area contributed by atoms with E-state index in [0.717, 1.165) is 35.4 Å². The molecular formula is C19H24N4O3. The molecule has 2 N–H and O–H groups in total. The number of aliphatic hydroxyl groups excluding tert-OH is 1. The van der Waals surface area contributed by atoms with E-state index in [9.17, 15) is 9.90 Å². The second-order valence-corrected chi connectivity index (χ2v) is 7.08. The maximum atomic E-state index is 12.8. The van der Waals surface area contributed by atoms with Crippen molar-refractivity contribution in [2.45, 2.75) is 18.8 Å². The largest absolute Gasteiger partial charge is 0.491 e. The van der Waals surface area contributed by atoms with Gasteiger partial charge >= 0.3 is 6.03 Å². The summed E-state index contributed by atoms with van der Waals surface area (Å²) >= 11 is 0. The normalized spacial score (nSPS) is 22.0. The molecule has 2 atom stereocenters. The summed E-state index contributed by atoms with van der Waals surface area (Å²) in [5, 5.41) is 17.0. The van der Waals surface area contributed by atoms with Crippen LogP contribution in [0.3, 0.4) is 0 Å². The minimum absolute atomic E-state index is 0.0193. The number of nitrogens with one attached hydrogen (secondary N) is 1. The summed E-state index contributed by atoms with van der Waals surface area (Å²) in [5.41, 5.74) is 2.91. The van der Waals surface area contributed by atoms with E-state index in [0.29, 0.717) is 19.7 Å². The van der Waals surface area contributed by atoms with Crippen molar-refractivity contribution in [2.24, 2.45) is 13.0 Å². The maximum Gasteiger partial charge on any atom is 0.321 e. The molecule has 0 bridgehead atoms. The van der Waals surface area contributed by atoms with Gasteiger partial charge in [0.15, 0.2) is 0 Å². The zero-order chi connectivity index (χ0) is 18.1. The fourth-order valence-corrected chi connectivity index (χ4v) is 3.91. The summed E-state index contributed by atoms with van der Waals surface area (Å²) in [7, 11) is 1.87. The highest BCUT2D eigenvalue weighted by Crippen LogP contribution is 2.35. The van der Waals surface area contributed by atoms with Crippen LogP contribution in [-0.4, -0.2) is 52.1 Å². The Bertz CT molecular complexity index is 804. The fourth-order valence-electron chi connectivity index (χ4n) is 3.91. The maximum absolute atomic E-state index is 12.8. The van der Waals surface area contributed by atoms with Crippen LogP contribution in [0.2, 0.25) is 0 Å². The van der Waals surface area contributed by atoms with Gasteiger partial charge in [-0.2, -0.15) is 5.10 Å². The molecule has 0 spiro atoms. The second-order valence-electron chi connectivity index (χ2n) is 7.08. The van der Waals surface area contributed by atoms with E-state index in [4.69, 9.17) is 4.74 Å². The van der Waals surface area contributed by atoms with E-state index in [1.165, 1.54) is 0 Å². The van der Waals surface area contributed by atoms with Gasteiger partial charge in [-0.05, 0) is 30.0 Å². The number of urea groups is 1. The first kappa shape index (κ1) is 16.9. The third-order valence-electron chi connectivity index (χ3n) is 5.29. The molecule has 1 saturated heterocycles. The quantitative estimate of drug-likeness (QED) is 0.881. The number of benzene rings is 1. The molecule has 2 aromatic rings. The van der Waals surface area contributed by atoms with Gasteiger partial charge in [0.2, 0.25) is 0 Å². The Labute approximate surface area is 152 Å². The smallest absolute Gasteiger partial charge is 0.321 e. The lowest BCUT2D eigenvalue weighted by atomic mass is 9.92. The minimum Gasteiger partial charge on any atom is -0.491 e. The molecule has 0 saturated carbocycles. The number of carbonyl (C=O) groups excluding carboxylic acids is 1. The van der Waals surface area contributed by atoms with Crippen LogP contribution in [0.15, 0.2) is 30.6 Å². The van der Waals surface area contributed by atoms with Gasteiger partial charge in [0.05, 0.1) is 18.5 Å². The number of carbonyl (C=O) groups is 1.